The van der Waals surface area contributed by atoms with Crippen LogP contribution in [0.4, 0.5) is 0 Å². The molecule has 0 spiro atoms. The number of nitrogens with one attached hydrogen (secondary N) is 2. The summed E-state index contributed by atoms with van der Waals surface area (Å²) in [6, 6.07) is 7.24. The summed E-state index contributed by atoms with van der Waals surface area (Å²) in [6.07, 6.45) is 0. The van der Waals surface area contributed by atoms with Gasteiger partial charge in [-0.05, 0) is 55.8 Å². The maximum Gasteiger partial charge on any atom is 0.252 e. The molecule has 0 unspecified atom stereocenters. The minimum Gasteiger partial charge on any atom is -0.351 e. The molecule has 0 radical (unpaired) electrons. The van der Waals surface area contributed by atoms with Crippen molar-refractivity contribution in [3.63, 3.8) is 0 Å². The third-order valence-corrected chi connectivity index (χ3v) is 5.14. The van der Waals surface area contributed by atoms with Crippen LogP contribution in [0, 0.1) is 0 Å². The molecular formula is C18H24BrN5O2S. The molecule has 2 rings (SSSR count). The Morgan fingerprint density at radius 3 is 2.56 bits per heavy atom. The Hall–Kier alpha value is -1.87. The number of hydrogen-bond donors (Lipinski definition) is 2. The van der Waals surface area contributed by atoms with Gasteiger partial charge in [0.05, 0.1) is 17.9 Å². The monoisotopic (exact) mass is 453 g/mol. The molecule has 0 saturated heterocycles. The van der Waals surface area contributed by atoms with E-state index in [1.165, 1.54) is 11.8 Å². The zero-order chi connectivity index (χ0) is 20.0. The van der Waals surface area contributed by atoms with Gasteiger partial charge in [0.15, 0.2) is 11.0 Å². The smallest absolute Gasteiger partial charge is 0.252 e. The normalized spacial score (nSPS) is 11.3. The van der Waals surface area contributed by atoms with Crippen LogP contribution in [-0.4, -0.2) is 37.9 Å². The molecule has 2 N–H and O–H groups in total. The number of carbonyl (C=O) groups is 2. The maximum atomic E-state index is 12.3. The van der Waals surface area contributed by atoms with E-state index in [-0.39, 0.29) is 29.7 Å². The number of halogens is 1. The van der Waals surface area contributed by atoms with E-state index in [4.69, 9.17) is 0 Å². The first kappa shape index (κ1) is 21.4. The second kappa shape index (κ2) is 9.36. The Morgan fingerprint density at radius 2 is 1.93 bits per heavy atom. The number of amides is 2. The van der Waals surface area contributed by atoms with E-state index < -0.39 is 0 Å². The fraction of sp³-hybridized carbons (Fsp3) is 0.444. The molecule has 7 nitrogen and oxygen atoms in total. The van der Waals surface area contributed by atoms with Crippen LogP contribution in [0.1, 0.15) is 43.9 Å². The molecule has 1 aromatic heterocycles. The van der Waals surface area contributed by atoms with E-state index in [0.29, 0.717) is 23.1 Å². The van der Waals surface area contributed by atoms with E-state index in [9.17, 15) is 9.59 Å². The van der Waals surface area contributed by atoms with Gasteiger partial charge < -0.3 is 15.2 Å². The first-order valence-electron chi connectivity index (χ1n) is 8.60. The van der Waals surface area contributed by atoms with Crippen molar-refractivity contribution in [3.05, 3.63) is 40.1 Å². The predicted molar refractivity (Wildman–Crippen MR) is 110 cm³/mol. The number of benzene rings is 1. The summed E-state index contributed by atoms with van der Waals surface area (Å²) in [5.41, 5.74) is 0.297. The van der Waals surface area contributed by atoms with Gasteiger partial charge in [0.2, 0.25) is 5.91 Å². The van der Waals surface area contributed by atoms with Gasteiger partial charge in [0, 0.05) is 16.6 Å². The average Bonchev–Trinajstić information content (AvgIpc) is 2.98. The summed E-state index contributed by atoms with van der Waals surface area (Å²) in [5, 5.41) is 14.8. The van der Waals surface area contributed by atoms with E-state index in [0.717, 1.165) is 4.47 Å². The highest BCUT2D eigenvalue weighted by Gasteiger charge is 2.17. The van der Waals surface area contributed by atoms with Gasteiger partial charge in [-0.1, -0.05) is 23.9 Å². The van der Waals surface area contributed by atoms with E-state index in [1.807, 2.05) is 50.5 Å². The summed E-state index contributed by atoms with van der Waals surface area (Å²) < 4.78 is 2.63. The average molecular weight is 454 g/mol. The fourth-order valence-electron chi connectivity index (χ4n) is 2.36. The highest BCUT2D eigenvalue weighted by Crippen LogP contribution is 2.18. The third kappa shape index (κ3) is 6.35. The molecule has 9 heteroatoms. The number of thioether (sulfide) groups is 1. The lowest BCUT2D eigenvalue weighted by molar-refractivity contribution is -0.119. The topological polar surface area (TPSA) is 88.9 Å². The summed E-state index contributed by atoms with van der Waals surface area (Å²) >= 11 is 4.71. The molecule has 0 aliphatic rings. The Bertz CT molecular complexity index is 816. The summed E-state index contributed by atoms with van der Waals surface area (Å²) in [5.74, 6) is 0.670. The molecule has 27 heavy (non-hydrogen) atoms. The van der Waals surface area contributed by atoms with Crippen LogP contribution < -0.4 is 10.6 Å². The van der Waals surface area contributed by atoms with Gasteiger partial charge >= 0.3 is 0 Å². The minimum absolute atomic E-state index is 0.0538. The molecule has 0 saturated carbocycles. The van der Waals surface area contributed by atoms with Crippen molar-refractivity contribution in [3.8, 4) is 0 Å². The fourth-order valence-corrected chi connectivity index (χ4v) is 3.64. The van der Waals surface area contributed by atoms with Crippen LogP contribution in [0.5, 0.6) is 0 Å². The van der Waals surface area contributed by atoms with E-state index >= 15 is 0 Å². The lowest BCUT2D eigenvalue weighted by atomic mass is 10.1. The largest absolute Gasteiger partial charge is 0.351 e. The molecule has 2 amide bonds. The Balaban J connectivity index is 1.98. The molecule has 0 fully saturated rings. The van der Waals surface area contributed by atoms with Crippen LogP contribution in [0.2, 0.25) is 0 Å². The van der Waals surface area contributed by atoms with E-state index in [2.05, 4.69) is 36.8 Å². The lowest BCUT2D eigenvalue weighted by Gasteiger charge is -2.20. The molecule has 0 aliphatic heterocycles. The lowest BCUT2D eigenvalue weighted by Crippen LogP contribution is -2.41. The Morgan fingerprint density at radius 1 is 1.22 bits per heavy atom. The zero-order valence-electron chi connectivity index (χ0n) is 15.9. The van der Waals surface area contributed by atoms with Crippen LogP contribution in [0.3, 0.4) is 0 Å². The van der Waals surface area contributed by atoms with Gasteiger partial charge in [0.25, 0.3) is 5.91 Å². The van der Waals surface area contributed by atoms with E-state index in [1.54, 1.807) is 6.07 Å². The van der Waals surface area contributed by atoms with Gasteiger partial charge in [-0.3, -0.25) is 9.59 Å². The molecule has 1 heterocycles. The van der Waals surface area contributed by atoms with Gasteiger partial charge in [-0.2, -0.15) is 0 Å². The number of nitrogens with zero attached hydrogens (tertiary/aromatic N) is 3. The van der Waals surface area contributed by atoms with Crippen molar-refractivity contribution in [1.82, 2.24) is 25.4 Å². The maximum absolute atomic E-state index is 12.3. The number of aromatic nitrogens is 3. The van der Waals surface area contributed by atoms with Crippen molar-refractivity contribution < 1.29 is 9.59 Å². The summed E-state index contributed by atoms with van der Waals surface area (Å²) in [7, 11) is 0. The van der Waals surface area contributed by atoms with Gasteiger partial charge in [-0.15, -0.1) is 10.2 Å². The minimum atomic E-state index is -0.267. The molecular weight excluding hydrogens is 430 g/mol. The quantitative estimate of drug-likeness (QED) is 0.628. The van der Waals surface area contributed by atoms with Crippen LogP contribution in [-0.2, 0) is 17.9 Å². The second-order valence-corrected chi connectivity index (χ2v) is 8.69. The predicted octanol–water partition coefficient (Wildman–Crippen LogP) is 3.00. The van der Waals surface area contributed by atoms with Crippen molar-refractivity contribution >= 4 is 39.5 Å². The van der Waals surface area contributed by atoms with Crippen molar-refractivity contribution in [2.45, 2.75) is 51.5 Å². The van der Waals surface area contributed by atoms with Gasteiger partial charge in [0.1, 0.15) is 0 Å². The standard InChI is InChI=1S/C18H24BrN5O2S/c1-5-24-14(10-20-16(26)12-8-6-7-9-13(12)19)22-23-17(24)27-11-15(25)21-18(2,3)4/h6-9H,5,10-11H2,1-4H3,(H,20,26)(H,21,25). The molecule has 2 aromatic rings. The molecule has 146 valence electrons. The number of rotatable bonds is 7. The molecule has 0 atom stereocenters. The molecule has 1 aromatic carbocycles. The van der Waals surface area contributed by atoms with Crippen molar-refractivity contribution in [1.29, 1.82) is 0 Å². The third-order valence-electron chi connectivity index (χ3n) is 3.48. The highest BCUT2D eigenvalue weighted by atomic mass is 79.9. The van der Waals surface area contributed by atoms with Crippen LogP contribution >= 0.6 is 27.7 Å². The van der Waals surface area contributed by atoms with Gasteiger partial charge in [-0.25, -0.2) is 0 Å². The second-order valence-electron chi connectivity index (χ2n) is 6.89. The number of carbonyl (C=O) groups excluding carboxylic acids is 2. The van der Waals surface area contributed by atoms with Crippen molar-refractivity contribution in [2.24, 2.45) is 0 Å². The first-order valence-corrected chi connectivity index (χ1v) is 10.4. The number of hydrogen-bond acceptors (Lipinski definition) is 5. The first-order chi connectivity index (χ1) is 12.7. The highest BCUT2D eigenvalue weighted by molar-refractivity contribution is 9.10. The van der Waals surface area contributed by atoms with Crippen LogP contribution in [0.25, 0.3) is 0 Å². The SMILES string of the molecule is CCn1c(CNC(=O)c2ccccc2Br)nnc1SCC(=O)NC(C)(C)C. The summed E-state index contributed by atoms with van der Waals surface area (Å²) in [6.45, 7) is 8.70. The summed E-state index contributed by atoms with van der Waals surface area (Å²) in [4.78, 5) is 24.3. The Kier molecular flexibility index (Phi) is 7.43. The Labute approximate surface area is 171 Å². The van der Waals surface area contributed by atoms with Crippen LogP contribution in [0.15, 0.2) is 33.9 Å². The van der Waals surface area contributed by atoms with Crippen molar-refractivity contribution in [2.75, 3.05) is 5.75 Å². The molecule has 0 aliphatic carbocycles. The zero-order valence-corrected chi connectivity index (χ0v) is 18.3. The molecule has 0 bridgehead atoms.